The molecule has 0 fully saturated rings. The number of nitrogens with zero attached hydrogens (tertiary/aromatic N) is 3. The van der Waals surface area contributed by atoms with Crippen molar-refractivity contribution in [3.05, 3.63) is 62.4 Å². The lowest BCUT2D eigenvalue weighted by molar-refractivity contribution is -0.383. The normalized spacial score (nSPS) is 10.8. The Morgan fingerprint density at radius 3 is 2.64 bits per heavy atom. The van der Waals surface area contributed by atoms with E-state index in [0.717, 1.165) is 0 Å². The molecule has 0 spiro atoms. The lowest BCUT2D eigenvalue weighted by atomic mass is 10.1. The van der Waals surface area contributed by atoms with Crippen LogP contribution in [0, 0.1) is 10.1 Å². The van der Waals surface area contributed by atoms with Crippen molar-refractivity contribution in [2.24, 2.45) is 0 Å². The second-order valence-corrected chi connectivity index (χ2v) is 5.25. The summed E-state index contributed by atoms with van der Waals surface area (Å²) in [6, 6.07) is 7.60. The van der Waals surface area contributed by atoms with E-state index in [9.17, 15) is 14.9 Å². The summed E-state index contributed by atoms with van der Waals surface area (Å²) in [6.45, 7) is 0. The number of aldehydes is 1. The molecule has 0 bridgehead atoms. The Morgan fingerprint density at radius 2 is 2.00 bits per heavy atom. The minimum atomic E-state index is -0.546. The highest BCUT2D eigenvalue weighted by atomic mass is 35.5. The van der Waals surface area contributed by atoms with E-state index in [1.54, 1.807) is 24.4 Å². The average Bonchev–Trinajstić information content (AvgIpc) is 2.88. The van der Waals surface area contributed by atoms with Crippen LogP contribution in [0.2, 0.25) is 10.0 Å². The minimum Gasteiger partial charge on any atom is -0.296 e. The molecular formula is C14H7Cl2N3O3. The van der Waals surface area contributed by atoms with E-state index in [2.05, 4.69) is 4.98 Å². The number of pyridine rings is 1. The SMILES string of the molecule is O=Cc1c(-c2ccc(Cl)c(Cl)c2)nc2c([N+](=O)[O-])cccn12. The van der Waals surface area contributed by atoms with Crippen molar-refractivity contribution in [2.75, 3.05) is 0 Å². The van der Waals surface area contributed by atoms with Crippen molar-refractivity contribution in [1.29, 1.82) is 0 Å². The number of hydrogen-bond donors (Lipinski definition) is 0. The Morgan fingerprint density at radius 1 is 1.23 bits per heavy atom. The van der Waals surface area contributed by atoms with Gasteiger partial charge >= 0.3 is 5.69 Å². The third-order valence-electron chi connectivity index (χ3n) is 3.17. The number of halogens is 2. The summed E-state index contributed by atoms with van der Waals surface area (Å²) in [5.74, 6) is 0. The largest absolute Gasteiger partial charge is 0.312 e. The number of benzene rings is 1. The van der Waals surface area contributed by atoms with Crippen LogP contribution >= 0.6 is 23.2 Å². The predicted molar refractivity (Wildman–Crippen MR) is 82.7 cm³/mol. The second kappa shape index (κ2) is 5.40. The molecule has 8 heteroatoms. The first kappa shape index (κ1) is 14.5. The van der Waals surface area contributed by atoms with Crippen LogP contribution in [-0.4, -0.2) is 20.6 Å². The maximum atomic E-state index is 11.4. The van der Waals surface area contributed by atoms with Crippen LogP contribution in [0.1, 0.15) is 10.5 Å². The van der Waals surface area contributed by atoms with E-state index in [-0.39, 0.29) is 17.0 Å². The molecule has 3 rings (SSSR count). The molecule has 6 nitrogen and oxygen atoms in total. The molecular weight excluding hydrogens is 329 g/mol. The molecule has 0 aliphatic carbocycles. The molecule has 0 atom stereocenters. The van der Waals surface area contributed by atoms with Crippen molar-refractivity contribution < 1.29 is 9.72 Å². The van der Waals surface area contributed by atoms with Crippen LogP contribution in [0.4, 0.5) is 5.69 Å². The van der Waals surface area contributed by atoms with Crippen molar-refractivity contribution in [1.82, 2.24) is 9.38 Å². The summed E-state index contributed by atoms with van der Waals surface area (Å²) in [5, 5.41) is 11.8. The molecule has 1 aromatic carbocycles. The number of fused-ring (bicyclic) bond motifs is 1. The number of rotatable bonds is 3. The Labute approximate surface area is 134 Å². The van der Waals surface area contributed by atoms with Gasteiger partial charge in [-0.1, -0.05) is 29.3 Å². The molecule has 0 unspecified atom stereocenters. The molecule has 0 saturated heterocycles. The van der Waals surface area contributed by atoms with Crippen LogP contribution in [0.5, 0.6) is 0 Å². The van der Waals surface area contributed by atoms with Gasteiger partial charge in [-0.2, -0.15) is 0 Å². The molecule has 0 saturated carbocycles. The Kier molecular flexibility index (Phi) is 3.56. The first-order chi connectivity index (χ1) is 10.5. The van der Waals surface area contributed by atoms with E-state index in [4.69, 9.17) is 23.2 Å². The highest BCUT2D eigenvalue weighted by Crippen LogP contribution is 2.31. The van der Waals surface area contributed by atoms with Gasteiger partial charge in [0.25, 0.3) is 0 Å². The monoisotopic (exact) mass is 335 g/mol. The summed E-state index contributed by atoms with van der Waals surface area (Å²) in [4.78, 5) is 26.2. The van der Waals surface area contributed by atoms with Gasteiger partial charge in [-0.3, -0.25) is 19.3 Å². The molecule has 0 N–H and O–H groups in total. The van der Waals surface area contributed by atoms with Crippen molar-refractivity contribution in [2.45, 2.75) is 0 Å². The summed E-state index contributed by atoms with van der Waals surface area (Å²) in [7, 11) is 0. The van der Waals surface area contributed by atoms with Crippen molar-refractivity contribution in [3.63, 3.8) is 0 Å². The molecule has 0 aliphatic heterocycles. The molecule has 0 aliphatic rings. The van der Waals surface area contributed by atoms with E-state index in [1.807, 2.05) is 0 Å². The standard InChI is InChI=1S/C14H7Cl2N3O3/c15-9-4-3-8(6-10(9)16)13-12(7-20)18-5-1-2-11(19(21)22)14(18)17-13/h1-7H. The summed E-state index contributed by atoms with van der Waals surface area (Å²) < 4.78 is 1.38. The Hall–Kier alpha value is -2.44. The van der Waals surface area contributed by atoms with Crippen LogP contribution in [0.15, 0.2) is 36.5 Å². The highest BCUT2D eigenvalue weighted by Gasteiger charge is 2.21. The first-order valence-electron chi connectivity index (χ1n) is 6.09. The first-order valence-corrected chi connectivity index (χ1v) is 6.84. The third-order valence-corrected chi connectivity index (χ3v) is 3.91. The maximum absolute atomic E-state index is 11.4. The van der Waals surface area contributed by atoms with Gasteiger partial charge in [0.1, 0.15) is 11.4 Å². The van der Waals surface area contributed by atoms with Gasteiger partial charge in [-0.15, -0.1) is 0 Å². The number of carbonyl (C=O) groups is 1. The number of hydrogen-bond acceptors (Lipinski definition) is 4. The maximum Gasteiger partial charge on any atom is 0.312 e. The number of nitro groups is 1. The van der Waals surface area contributed by atoms with E-state index in [0.29, 0.717) is 27.6 Å². The topological polar surface area (TPSA) is 77.5 Å². The van der Waals surface area contributed by atoms with Gasteiger partial charge in [0.15, 0.2) is 6.29 Å². The van der Waals surface area contributed by atoms with Gasteiger partial charge in [0.2, 0.25) is 5.65 Å². The molecule has 22 heavy (non-hydrogen) atoms. The Balaban J connectivity index is 2.34. The highest BCUT2D eigenvalue weighted by molar-refractivity contribution is 6.42. The Bertz CT molecular complexity index is 921. The summed E-state index contributed by atoms with van der Waals surface area (Å²) in [6.07, 6.45) is 2.14. The number of imidazole rings is 1. The van der Waals surface area contributed by atoms with Crippen LogP contribution in [-0.2, 0) is 0 Å². The average molecular weight is 336 g/mol. The smallest absolute Gasteiger partial charge is 0.296 e. The zero-order chi connectivity index (χ0) is 15.9. The third kappa shape index (κ3) is 2.22. The van der Waals surface area contributed by atoms with Gasteiger partial charge in [0, 0.05) is 17.8 Å². The number of aromatic nitrogens is 2. The fraction of sp³-hybridized carbons (Fsp3) is 0. The van der Waals surface area contributed by atoms with Gasteiger partial charge in [0.05, 0.1) is 15.0 Å². The van der Waals surface area contributed by atoms with Crippen LogP contribution in [0.3, 0.4) is 0 Å². The zero-order valence-corrected chi connectivity index (χ0v) is 12.4. The van der Waals surface area contributed by atoms with Gasteiger partial charge in [-0.05, 0) is 18.2 Å². The molecule has 2 heterocycles. The van der Waals surface area contributed by atoms with Gasteiger partial charge < -0.3 is 0 Å². The molecule has 110 valence electrons. The lowest BCUT2D eigenvalue weighted by Crippen LogP contribution is -1.95. The zero-order valence-electron chi connectivity index (χ0n) is 10.9. The summed E-state index contributed by atoms with van der Waals surface area (Å²) in [5.41, 5.74) is 0.974. The second-order valence-electron chi connectivity index (χ2n) is 4.44. The fourth-order valence-corrected chi connectivity index (χ4v) is 2.48. The minimum absolute atomic E-state index is 0.0932. The quantitative estimate of drug-likeness (QED) is 0.411. The molecule has 0 amide bonds. The van der Waals surface area contributed by atoms with Crippen molar-refractivity contribution in [3.8, 4) is 11.3 Å². The van der Waals surface area contributed by atoms with Crippen LogP contribution in [0.25, 0.3) is 16.9 Å². The predicted octanol–water partition coefficient (Wildman–Crippen LogP) is 4.03. The summed E-state index contributed by atoms with van der Waals surface area (Å²) >= 11 is 11.8. The molecule has 0 radical (unpaired) electrons. The number of carbonyl (C=O) groups excluding carboxylic acids is 1. The van der Waals surface area contributed by atoms with Crippen LogP contribution < -0.4 is 0 Å². The van der Waals surface area contributed by atoms with E-state index < -0.39 is 4.92 Å². The molecule has 3 aromatic rings. The van der Waals surface area contributed by atoms with Gasteiger partial charge in [-0.25, -0.2) is 4.98 Å². The van der Waals surface area contributed by atoms with Crippen molar-refractivity contribution >= 4 is 40.8 Å². The van der Waals surface area contributed by atoms with E-state index in [1.165, 1.54) is 16.5 Å². The lowest BCUT2D eigenvalue weighted by Gasteiger charge is -2.01. The van der Waals surface area contributed by atoms with E-state index >= 15 is 0 Å². The fourth-order valence-electron chi connectivity index (χ4n) is 2.18. The molecule has 2 aromatic heterocycles.